The Kier molecular flexibility index (Phi) is 6.19. The van der Waals surface area contributed by atoms with Gasteiger partial charge in [0, 0.05) is 28.1 Å². The monoisotopic (exact) mass is 543 g/mol. The van der Waals surface area contributed by atoms with Crippen LogP contribution in [0.5, 0.6) is 11.5 Å². The molecule has 0 bridgehead atoms. The highest BCUT2D eigenvalue weighted by Crippen LogP contribution is 2.61. The molecule has 1 N–H and O–H groups in total. The molecule has 0 saturated heterocycles. The zero-order valence-electron chi connectivity index (χ0n) is 24.2. The second-order valence-electron chi connectivity index (χ2n) is 12.4. The minimum Gasteiger partial charge on any atom is -0.456 e. The van der Waals surface area contributed by atoms with E-state index in [1.54, 1.807) is 0 Å². The Balaban J connectivity index is 1.35. The molecular weight excluding hydrogens is 506 g/mol. The molecular formula is C37H37NO3. The van der Waals surface area contributed by atoms with Gasteiger partial charge >= 0.3 is 5.97 Å². The van der Waals surface area contributed by atoms with Crippen molar-refractivity contribution in [2.75, 3.05) is 5.32 Å². The smallest absolute Gasteiger partial charge is 0.340 e. The molecule has 41 heavy (non-hydrogen) atoms. The van der Waals surface area contributed by atoms with Crippen molar-refractivity contribution >= 4 is 17.3 Å². The Bertz CT molecular complexity index is 1640. The lowest BCUT2D eigenvalue weighted by Gasteiger charge is -2.37. The average molecular weight is 544 g/mol. The number of esters is 1. The van der Waals surface area contributed by atoms with Crippen molar-refractivity contribution in [3.8, 4) is 11.5 Å². The van der Waals surface area contributed by atoms with Gasteiger partial charge in [0.1, 0.15) is 11.5 Å². The van der Waals surface area contributed by atoms with E-state index in [0.717, 1.165) is 62.9 Å². The van der Waals surface area contributed by atoms with Crippen LogP contribution in [0, 0.1) is 24.7 Å². The summed E-state index contributed by atoms with van der Waals surface area (Å²) in [6, 6.07) is 28.7. The molecule has 2 aliphatic heterocycles. The molecule has 4 nitrogen and oxygen atoms in total. The number of carbonyl (C=O) groups is 1. The molecule has 7 rings (SSSR count). The van der Waals surface area contributed by atoms with E-state index in [9.17, 15) is 4.79 Å². The SMILES string of the molecule is CCC1C(CCC(C)C)C1c1ccc2c(c1)Oc1cc(C)c(Nc3ccccc3)cc1C21OC(=O)c2ccccc21. The summed E-state index contributed by atoms with van der Waals surface area (Å²) >= 11 is 0. The molecule has 4 aromatic rings. The number of nitrogens with one attached hydrogen (secondary N) is 1. The minimum absolute atomic E-state index is 0.302. The highest BCUT2D eigenvalue weighted by molar-refractivity contribution is 5.97. The van der Waals surface area contributed by atoms with Crippen LogP contribution in [0.15, 0.2) is 84.9 Å². The van der Waals surface area contributed by atoms with Crippen molar-refractivity contribution in [1.82, 2.24) is 0 Å². The first-order valence-corrected chi connectivity index (χ1v) is 15.0. The van der Waals surface area contributed by atoms with Gasteiger partial charge in [-0.1, -0.05) is 82.1 Å². The molecule has 0 radical (unpaired) electrons. The fourth-order valence-electron chi connectivity index (χ4n) is 7.27. The Morgan fingerprint density at radius 3 is 2.39 bits per heavy atom. The van der Waals surface area contributed by atoms with Crippen molar-refractivity contribution < 1.29 is 14.3 Å². The first-order chi connectivity index (χ1) is 19.9. The molecule has 2 heterocycles. The number of rotatable bonds is 7. The number of ether oxygens (including phenoxy) is 2. The van der Waals surface area contributed by atoms with Gasteiger partial charge in [-0.05, 0) is 84.5 Å². The normalized spacial score (nSPS) is 23.4. The molecule has 1 fully saturated rings. The first kappa shape index (κ1) is 25.9. The standard InChI is InChI=1S/C37H37NO3/c1-5-26-27(17-15-22(2)3)35(26)24-16-18-30-34(20-24)40-33-19-23(4)32(38-25-11-7-6-8-12-25)21-31(33)37(30)29-14-10-9-13-28(29)36(39)41-37/h6-14,16,18-22,26-27,35,38H,5,15,17H2,1-4H3. The third-order valence-corrected chi connectivity index (χ3v) is 9.40. The summed E-state index contributed by atoms with van der Waals surface area (Å²) in [6.45, 7) is 9.01. The summed E-state index contributed by atoms with van der Waals surface area (Å²) < 4.78 is 13.2. The quantitative estimate of drug-likeness (QED) is 0.236. The van der Waals surface area contributed by atoms with Gasteiger partial charge in [-0.3, -0.25) is 0 Å². The van der Waals surface area contributed by atoms with Crippen LogP contribution in [0.25, 0.3) is 0 Å². The first-order valence-electron chi connectivity index (χ1n) is 15.0. The zero-order valence-corrected chi connectivity index (χ0v) is 24.2. The molecule has 0 aromatic heterocycles. The number of benzene rings is 4. The van der Waals surface area contributed by atoms with Crippen LogP contribution in [0.4, 0.5) is 11.4 Å². The van der Waals surface area contributed by atoms with Crippen molar-refractivity contribution in [3.05, 3.63) is 118 Å². The Morgan fingerprint density at radius 2 is 1.61 bits per heavy atom. The summed E-state index contributed by atoms with van der Waals surface area (Å²) in [5.41, 5.74) is 6.47. The maximum Gasteiger partial charge on any atom is 0.340 e. The number of hydrogen-bond donors (Lipinski definition) is 1. The summed E-state index contributed by atoms with van der Waals surface area (Å²) in [6.07, 6.45) is 3.73. The fraction of sp³-hybridized carbons (Fsp3) is 0.324. The van der Waals surface area contributed by atoms with Crippen LogP contribution < -0.4 is 10.1 Å². The lowest BCUT2D eigenvalue weighted by molar-refractivity contribution is 0.0224. The van der Waals surface area contributed by atoms with E-state index in [2.05, 4.69) is 63.3 Å². The number of anilines is 2. The van der Waals surface area contributed by atoms with Crippen molar-refractivity contribution in [2.24, 2.45) is 17.8 Å². The van der Waals surface area contributed by atoms with E-state index >= 15 is 0 Å². The molecule has 4 unspecified atom stereocenters. The van der Waals surface area contributed by atoms with E-state index < -0.39 is 5.60 Å². The van der Waals surface area contributed by atoms with Gasteiger partial charge in [0.25, 0.3) is 0 Å². The molecule has 0 amide bonds. The highest BCUT2D eigenvalue weighted by Gasteiger charge is 2.54. The van der Waals surface area contributed by atoms with E-state index in [0.29, 0.717) is 11.5 Å². The predicted molar refractivity (Wildman–Crippen MR) is 163 cm³/mol. The van der Waals surface area contributed by atoms with Crippen LogP contribution in [0.2, 0.25) is 0 Å². The molecule has 4 aromatic carbocycles. The number of fused-ring (bicyclic) bond motifs is 6. The van der Waals surface area contributed by atoms with E-state index in [-0.39, 0.29) is 5.97 Å². The topological polar surface area (TPSA) is 47.6 Å². The van der Waals surface area contributed by atoms with Crippen LogP contribution in [0.1, 0.15) is 84.1 Å². The minimum atomic E-state index is -1.07. The fourth-order valence-corrected chi connectivity index (χ4v) is 7.27. The van der Waals surface area contributed by atoms with Crippen molar-refractivity contribution in [2.45, 2.75) is 58.5 Å². The second-order valence-corrected chi connectivity index (χ2v) is 12.4. The Labute approximate surface area is 242 Å². The van der Waals surface area contributed by atoms with Gasteiger partial charge < -0.3 is 14.8 Å². The molecule has 3 aliphatic rings. The van der Waals surface area contributed by atoms with Crippen LogP contribution in [-0.2, 0) is 10.3 Å². The second kappa shape index (κ2) is 9.80. The maximum atomic E-state index is 13.4. The number of hydrogen-bond acceptors (Lipinski definition) is 4. The summed E-state index contributed by atoms with van der Waals surface area (Å²) in [5.74, 6) is 3.94. The molecule has 4 atom stereocenters. The van der Waals surface area contributed by atoms with Crippen molar-refractivity contribution in [3.63, 3.8) is 0 Å². The maximum absolute atomic E-state index is 13.4. The summed E-state index contributed by atoms with van der Waals surface area (Å²) in [5, 5.41) is 3.56. The number of aryl methyl sites for hydroxylation is 1. The lowest BCUT2D eigenvalue weighted by Crippen LogP contribution is -2.33. The summed E-state index contributed by atoms with van der Waals surface area (Å²) in [7, 11) is 0. The summed E-state index contributed by atoms with van der Waals surface area (Å²) in [4.78, 5) is 13.4. The lowest BCUT2D eigenvalue weighted by atomic mass is 9.77. The molecule has 1 aliphatic carbocycles. The van der Waals surface area contributed by atoms with E-state index in [1.165, 1.54) is 24.8 Å². The van der Waals surface area contributed by atoms with Crippen LogP contribution >= 0.6 is 0 Å². The van der Waals surface area contributed by atoms with Gasteiger partial charge in [-0.25, -0.2) is 4.79 Å². The Hall–Kier alpha value is -4.05. The van der Waals surface area contributed by atoms with Gasteiger partial charge in [0.2, 0.25) is 0 Å². The third-order valence-electron chi connectivity index (χ3n) is 9.40. The Morgan fingerprint density at radius 1 is 0.854 bits per heavy atom. The molecule has 1 spiro atoms. The van der Waals surface area contributed by atoms with Crippen LogP contribution in [0.3, 0.4) is 0 Å². The zero-order chi connectivity index (χ0) is 28.3. The van der Waals surface area contributed by atoms with E-state index in [4.69, 9.17) is 9.47 Å². The number of para-hydroxylation sites is 1. The van der Waals surface area contributed by atoms with Gasteiger partial charge in [0.05, 0.1) is 5.56 Å². The van der Waals surface area contributed by atoms with Gasteiger partial charge in [-0.15, -0.1) is 0 Å². The predicted octanol–water partition coefficient (Wildman–Crippen LogP) is 9.48. The van der Waals surface area contributed by atoms with E-state index in [1.807, 2.05) is 54.6 Å². The van der Waals surface area contributed by atoms with Gasteiger partial charge in [0.15, 0.2) is 5.60 Å². The molecule has 1 saturated carbocycles. The largest absolute Gasteiger partial charge is 0.456 e. The highest BCUT2D eigenvalue weighted by atomic mass is 16.6. The average Bonchev–Trinajstić information content (AvgIpc) is 3.62. The molecule has 4 heteroatoms. The van der Waals surface area contributed by atoms with Crippen molar-refractivity contribution in [1.29, 1.82) is 0 Å². The van der Waals surface area contributed by atoms with Gasteiger partial charge in [-0.2, -0.15) is 0 Å². The molecule has 208 valence electrons. The number of carbonyl (C=O) groups excluding carboxylic acids is 1. The third kappa shape index (κ3) is 4.15. The van der Waals surface area contributed by atoms with Crippen LogP contribution in [-0.4, -0.2) is 5.97 Å².